The molecule has 2 fully saturated rings. The number of β-lactam (4-membered cyclic amide) rings is 1. The fourth-order valence-electron chi connectivity index (χ4n) is 3.91. The lowest BCUT2D eigenvalue weighted by Crippen LogP contribution is -2.80. The molecule has 2 N–H and O–H groups in total. The van der Waals surface area contributed by atoms with E-state index in [1.807, 2.05) is 0 Å². The van der Waals surface area contributed by atoms with Gasteiger partial charge in [0.2, 0.25) is 5.91 Å². The maximum atomic E-state index is 12.8. The molecule has 2 amide bonds. The van der Waals surface area contributed by atoms with E-state index >= 15 is 0 Å². The van der Waals surface area contributed by atoms with E-state index in [4.69, 9.17) is 4.74 Å². The second-order valence-corrected chi connectivity index (χ2v) is 9.31. The number of nitrogens with zero attached hydrogens (tertiary/aromatic N) is 2. The monoisotopic (exact) mass is 409 g/mol. The SMILES string of the molecule is COC1(NC(=O)Cn2c(C)cc(=O)cc2C)C(=O)N2[C@@H](C(=O)O)C(C)(C)S[C@@H]21. The Balaban J connectivity index is 1.84. The van der Waals surface area contributed by atoms with Crippen LogP contribution in [-0.4, -0.2) is 61.4 Å². The number of thioether (sulfide) groups is 1. The Labute approximate surface area is 166 Å². The van der Waals surface area contributed by atoms with Gasteiger partial charge in [-0.25, -0.2) is 4.79 Å². The number of hydrogen-bond acceptors (Lipinski definition) is 6. The first-order chi connectivity index (χ1) is 12.9. The fraction of sp³-hybridized carbons (Fsp3) is 0.556. The Bertz CT molecular complexity index is 900. The van der Waals surface area contributed by atoms with Crippen LogP contribution in [0.2, 0.25) is 0 Å². The number of fused-ring (bicyclic) bond motifs is 1. The number of ether oxygens (including phenoxy) is 1. The molecule has 1 aromatic rings. The van der Waals surface area contributed by atoms with E-state index in [2.05, 4.69) is 5.32 Å². The van der Waals surface area contributed by atoms with Crippen molar-refractivity contribution in [3.63, 3.8) is 0 Å². The van der Waals surface area contributed by atoms with Gasteiger partial charge in [-0.05, 0) is 27.7 Å². The summed E-state index contributed by atoms with van der Waals surface area (Å²) in [6.45, 7) is 6.84. The number of amides is 2. The Morgan fingerprint density at radius 2 is 1.82 bits per heavy atom. The molecule has 3 rings (SSSR count). The Morgan fingerprint density at radius 3 is 2.32 bits per heavy atom. The maximum Gasteiger partial charge on any atom is 0.327 e. The van der Waals surface area contributed by atoms with Crippen LogP contribution < -0.4 is 10.7 Å². The topological polar surface area (TPSA) is 118 Å². The molecule has 28 heavy (non-hydrogen) atoms. The second-order valence-electron chi connectivity index (χ2n) is 7.57. The first-order valence-electron chi connectivity index (χ1n) is 8.72. The van der Waals surface area contributed by atoms with Crippen LogP contribution in [-0.2, 0) is 25.7 Å². The number of methoxy groups -OCH3 is 1. The number of rotatable bonds is 5. The van der Waals surface area contributed by atoms with Crippen molar-refractivity contribution >= 4 is 29.5 Å². The van der Waals surface area contributed by atoms with Crippen LogP contribution in [0.15, 0.2) is 16.9 Å². The largest absolute Gasteiger partial charge is 0.480 e. The summed E-state index contributed by atoms with van der Waals surface area (Å²) < 4.78 is 6.34. The molecule has 2 aliphatic heterocycles. The predicted octanol–water partition coefficient (Wildman–Crippen LogP) is 0.0709. The molecule has 2 saturated heterocycles. The van der Waals surface area contributed by atoms with Gasteiger partial charge in [-0.1, -0.05) is 0 Å². The summed E-state index contributed by atoms with van der Waals surface area (Å²) in [6, 6.07) is 1.85. The summed E-state index contributed by atoms with van der Waals surface area (Å²) in [6.07, 6.45) is 0. The van der Waals surface area contributed by atoms with E-state index in [0.29, 0.717) is 11.4 Å². The normalized spacial score (nSPS) is 27.9. The number of pyridine rings is 1. The highest BCUT2D eigenvalue weighted by atomic mass is 32.2. The number of nitrogens with one attached hydrogen (secondary N) is 1. The van der Waals surface area contributed by atoms with Gasteiger partial charge in [-0.3, -0.25) is 14.4 Å². The van der Waals surface area contributed by atoms with E-state index in [9.17, 15) is 24.3 Å². The number of carbonyl (C=O) groups excluding carboxylic acids is 2. The molecule has 0 bridgehead atoms. The molecule has 0 aromatic carbocycles. The van der Waals surface area contributed by atoms with Crippen LogP contribution in [0.1, 0.15) is 25.2 Å². The fourth-order valence-corrected chi connectivity index (χ4v) is 5.58. The number of carbonyl (C=O) groups is 3. The number of carboxylic acid groups (broad SMARTS) is 1. The minimum Gasteiger partial charge on any atom is -0.480 e. The number of hydrogen-bond donors (Lipinski definition) is 2. The zero-order valence-corrected chi connectivity index (χ0v) is 17.1. The third-order valence-corrected chi connectivity index (χ3v) is 6.85. The number of aliphatic carboxylic acids is 1. The van der Waals surface area contributed by atoms with Crippen LogP contribution in [0.4, 0.5) is 0 Å². The van der Waals surface area contributed by atoms with Crippen molar-refractivity contribution in [3.8, 4) is 0 Å². The first-order valence-corrected chi connectivity index (χ1v) is 9.60. The van der Waals surface area contributed by atoms with Gasteiger partial charge in [0.1, 0.15) is 18.0 Å². The lowest BCUT2D eigenvalue weighted by Gasteiger charge is -2.51. The molecular formula is C18H23N3O6S. The van der Waals surface area contributed by atoms with Crippen LogP contribution in [0.3, 0.4) is 0 Å². The molecule has 0 aliphatic carbocycles. The van der Waals surface area contributed by atoms with Gasteiger partial charge in [-0.15, -0.1) is 11.8 Å². The molecule has 0 saturated carbocycles. The lowest BCUT2D eigenvalue weighted by atomic mass is 9.93. The molecule has 1 unspecified atom stereocenters. The van der Waals surface area contributed by atoms with Gasteiger partial charge in [-0.2, -0.15) is 0 Å². The maximum absolute atomic E-state index is 12.8. The van der Waals surface area contributed by atoms with Gasteiger partial charge >= 0.3 is 5.97 Å². The van der Waals surface area contributed by atoms with E-state index in [1.165, 1.54) is 35.9 Å². The summed E-state index contributed by atoms with van der Waals surface area (Å²) in [7, 11) is 1.31. The van der Waals surface area contributed by atoms with Gasteiger partial charge in [0.15, 0.2) is 5.43 Å². The Kier molecular flexibility index (Phi) is 4.83. The highest BCUT2D eigenvalue weighted by Gasteiger charge is 2.73. The number of carboxylic acids is 1. The number of aromatic nitrogens is 1. The van der Waals surface area contributed by atoms with Crippen molar-refractivity contribution in [1.82, 2.24) is 14.8 Å². The molecular weight excluding hydrogens is 386 g/mol. The van der Waals surface area contributed by atoms with Crippen molar-refractivity contribution in [2.45, 2.75) is 56.1 Å². The minimum absolute atomic E-state index is 0.0977. The summed E-state index contributed by atoms with van der Waals surface area (Å²) in [5.41, 5.74) is -0.510. The van der Waals surface area contributed by atoms with E-state index in [0.717, 1.165) is 0 Å². The Hall–Kier alpha value is -2.33. The van der Waals surface area contributed by atoms with Crippen molar-refractivity contribution < 1.29 is 24.2 Å². The van der Waals surface area contributed by atoms with Crippen LogP contribution in [0.25, 0.3) is 0 Å². The lowest BCUT2D eigenvalue weighted by molar-refractivity contribution is -0.201. The molecule has 2 aliphatic rings. The van der Waals surface area contributed by atoms with E-state index in [-0.39, 0.29) is 12.0 Å². The smallest absolute Gasteiger partial charge is 0.327 e. The third-order valence-electron chi connectivity index (χ3n) is 5.24. The minimum atomic E-state index is -1.61. The molecule has 0 spiro atoms. The highest BCUT2D eigenvalue weighted by Crippen LogP contribution is 2.55. The van der Waals surface area contributed by atoms with Crippen molar-refractivity contribution in [2.24, 2.45) is 0 Å². The van der Waals surface area contributed by atoms with Crippen LogP contribution >= 0.6 is 11.8 Å². The van der Waals surface area contributed by atoms with Crippen molar-refractivity contribution in [2.75, 3.05) is 7.11 Å². The third kappa shape index (κ3) is 2.91. The second kappa shape index (κ2) is 6.63. The van der Waals surface area contributed by atoms with Gasteiger partial charge in [0.05, 0.1) is 0 Å². The average Bonchev–Trinajstić information content (AvgIpc) is 2.85. The molecule has 1 aromatic heterocycles. The quantitative estimate of drug-likeness (QED) is 0.522. The van der Waals surface area contributed by atoms with Gasteiger partial charge in [0.25, 0.3) is 11.6 Å². The summed E-state index contributed by atoms with van der Waals surface area (Å²) in [5, 5.41) is 11.5. The highest BCUT2D eigenvalue weighted by molar-refractivity contribution is 8.01. The zero-order valence-electron chi connectivity index (χ0n) is 16.3. The van der Waals surface area contributed by atoms with Gasteiger partial charge in [0, 0.05) is 35.4 Å². The molecule has 10 heteroatoms. The standard InChI is InChI=1S/C18H23N3O6S/c1-9-6-11(22)7-10(2)20(9)8-12(23)19-18(27-5)15(26)21-13(14(24)25)17(3,4)28-16(18)21/h6-7,13,16H,8H2,1-5H3,(H,19,23)(H,24,25)/t13-,16+,18?/m0/s1. The molecule has 0 radical (unpaired) electrons. The average molecular weight is 409 g/mol. The number of aryl methyl sites for hydroxylation is 2. The van der Waals surface area contributed by atoms with E-state index in [1.54, 1.807) is 32.3 Å². The molecule has 152 valence electrons. The molecule has 3 atom stereocenters. The van der Waals surface area contributed by atoms with Crippen molar-refractivity contribution in [3.05, 3.63) is 33.7 Å². The van der Waals surface area contributed by atoms with Gasteiger partial charge < -0.3 is 24.6 Å². The first kappa shape index (κ1) is 20.4. The summed E-state index contributed by atoms with van der Waals surface area (Å²) >= 11 is 1.28. The summed E-state index contributed by atoms with van der Waals surface area (Å²) in [4.78, 5) is 50.0. The van der Waals surface area contributed by atoms with Crippen LogP contribution in [0.5, 0.6) is 0 Å². The predicted molar refractivity (Wildman–Crippen MR) is 102 cm³/mol. The van der Waals surface area contributed by atoms with Crippen LogP contribution in [0, 0.1) is 13.8 Å². The van der Waals surface area contributed by atoms with Crippen molar-refractivity contribution in [1.29, 1.82) is 0 Å². The Morgan fingerprint density at radius 1 is 1.25 bits per heavy atom. The molecule has 9 nitrogen and oxygen atoms in total. The summed E-state index contributed by atoms with van der Waals surface area (Å²) in [5.74, 6) is -2.14. The zero-order chi connectivity index (χ0) is 21.0. The van der Waals surface area contributed by atoms with E-state index < -0.39 is 39.7 Å². The molecule has 3 heterocycles.